The minimum atomic E-state index is -0.495. The molecule has 1 aromatic rings. The number of nitrogens with one attached hydrogen (secondary N) is 1. The van der Waals surface area contributed by atoms with Gasteiger partial charge in [-0.05, 0) is 55.4 Å². The molecule has 2 amide bonds. The third-order valence-corrected chi connectivity index (χ3v) is 5.98. The van der Waals surface area contributed by atoms with Gasteiger partial charge < -0.3 is 9.64 Å². The molecule has 1 unspecified atom stereocenters. The van der Waals surface area contributed by atoms with Gasteiger partial charge in [0, 0.05) is 24.6 Å². The molecule has 3 aliphatic rings. The molecule has 2 aliphatic heterocycles. The first-order chi connectivity index (χ1) is 12.1. The minimum absolute atomic E-state index is 0.281. The number of nitrogens with zero attached hydrogens (tertiary/aromatic N) is 1. The molecule has 0 radical (unpaired) electrons. The molecule has 2 heterocycles. The fourth-order valence-electron chi connectivity index (χ4n) is 4.49. The van der Waals surface area contributed by atoms with Gasteiger partial charge in [0.05, 0.1) is 18.6 Å². The van der Waals surface area contributed by atoms with Crippen molar-refractivity contribution >= 4 is 11.8 Å². The standard InChI is InChI=1S/C19H24N2O4/c22-17(20-24)15-2-3-16-9-19(6-4-14(16)8-15)5-1-7-21(18(19)23)10-13-11-25-12-13/h2-3,8,13,24H,1,4-7,9-12H2,(H,20,22). The maximum atomic E-state index is 13.2. The molecule has 25 heavy (non-hydrogen) atoms. The summed E-state index contributed by atoms with van der Waals surface area (Å²) in [6.07, 6.45) is 4.38. The van der Waals surface area contributed by atoms with E-state index >= 15 is 0 Å². The van der Waals surface area contributed by atoms with Crippen LogP contribution in [0, 0.1) is 11.3 Å². The van der Waals surface area contributed by atoms with Crippen LogP contribution in [0.25, 0.3) is 0 Å². The van der Waals surface area contributed by atoms with E-state index in [4.69, 9.17) is 9.94 Å². The van der Waals surface area contributed by atoms with Crippen LogP contribution >= 0.6 is 0 Å². The second-order valence-electron chi connectivity index (χ2n) is 7.64. The first-order valence-corrected chi connectivity index (χ1v) is 9.05. The topological polar surface area (TPSA) is 78.9 Å². The van der Waals surface area contributed by atoms with E-state index in [0.717, 1.165) is 69.5 Å². The van der Waals surface area contributed by atoms with Gasteiger partial charge in [0.15, 0.2) is 0 Å². The summed E-state index contributed by atoms with van der Waals surface area (Å²) >= 11 is 0. The molecule has 6 heteroatoms. The fourth-order valence-corrected chi connectivity index (χ4v) is 4.49. The summed E-state index contributed by atoms with van der Waals surface area (Å²) in [5.74, 6) is 0.300. The van der Waals surface area contributed by atoms with E-state index < -0.39 is 5.91 Å². The Morgan fingerprint density at radius 3 is 2.88 bits per heavy atom. The molecule has 1 aromatic carbocycles. The molecule has 134 valence electrons. The Hall–Kier alpha value is -1.92. The van der Waals surface area contributed by atoms with E-state index in [1.54, 1.807) is 11.5 Å². The van der Waals surface area contributed by atoms with Gasteiger partial charge in [0.2, 0.25) is 5.91 Å². The lowest BCUT2D eigenvalue weighted by molar-refractivity contribution is -0.151. The molecule has 0 bridgehead atoms. The molecule has 1 spiro atoms. The average molecular weight is 344 g/mol. The molecule has 6 nitrogen and oxygen atoms in total. The molecule has 1 atom stereocenters. The van der Waals surface area contributed by atoms with Crippen molar-refractivity contribution in [2.45, 2.75) is 32.1 Å². The predicted molar refractivity (Wildman–Crippen MR) is 90.3 cm³/mol. The Balaban J connectivity index is 1.53. The van der Waals surface area contributed by atoms with Crippen LogP contribution in [0.2, 0.25) is 0 Å². The number of rotatable bonds is 3. The number of hydrogen-bond donors (Lipinski definition) is 2. The highest BCUT2D eigenvalue weighted by atomic mass is 16.5. The molecule has 4 rings (SSSR count). The highest BCUT2D eigenvalue weighted by molar-refractivity contribution is 5.93. The quantitative estimate of drug-likeness (QED) is 0.644. The number of hydroxylamine groups is 1. The number of carbonyl (C=O) groups is 2. The molecular weight excluding hydrogens is 320 g/mol. The number of amides is 2. The van der Waals surface area contributed by atoms with Crippen molar-refractivity contribution in [1.29, 1.82) is 0 Å². The van der Waals surface area contributed by atoms with Crippen molar-refractivity contribution in [2.24, 2.45) is 11.3 Å². The molecule has 2 fully saturated rings. The smallest absolute Gasteiger partial charge is 0.274 e. The predicted octanol–water partition coefficient (Wildman–Crippen LogP) is 1.55. The second kappa shape index (κ2) is 6.42. The van der Waals surface area contributed by atoms with Crippen molar-refractivity contribution < 1.29 is 19.5 Å². The number of likely N-dealkylation sites (tertiary alicyclic amines) is 1. The summed E-state index contributed by atoms with van der Waals surface area (Å²) in [6, 6.07) is 5.50. The Bertz CT molecular complexity index is 701. The van der Waals surface area contributed by atoms with Gasteiger partial charge in [-0.15, -0.1) is 0 Å². The van der Waals surface area contributed by atoms with Crippen LogP contribution in [-0.4, -0.2) is 48.2 Å². The first kappa shape index (κ1) is 16.5. The van der Waals surface area contributed by atoms with E-state index in [1.165, 1.54) is 0 Å². The van der Waals surface area contributed by atoms with Crippen molar-refractivity contribution in [3.05, 3.63) is 34.9 Å². The molecule has 1 aliphatic carbocycles. The monoisotopic (exact) mass is 344 g/mol. The minimum Gasteiger partial charge on any atom is -0.381 e. The zero-order chi connectivity index (χ0) is 17.4. The van der Waals surface area contributed by atoms with Crippen molar-refractivity contribution in [3.8, 4) is 0 Å². The highest BCUT2D eigenvalue weighted by Crippen LogP contribution is 2.43. The van der Waals surface area contributed by atoms with Gasteiger partial charge in [0.25, 0.3) is 5.91 Å². The summed E-state index contributed by atoms with van der Waals surface area (Å²) in [7, 11) is 0. The molecule has 0 saturated carbocycles. The summed E-state index contributed by atoms with van der Waals surface area (Å²) in [5, 5.41) is 8.79. The second-order valence-corrected chi connectivity index (χ2v) is 7.64. The third-order valence-electron chi connectivity index (χ3n) is 5.98. The number of benzene rings is 1. The molecule has 0 aromatic heterocycles. The van der Waals surface area contributed by atoms with Crippen LogP contribution in [0.4, 0.5) is 0 Å². The molecule has 2 N–H and O–H groups in total. The van der Waals surface area contributed by atoms with Crippen molar-refractivity contribution in [2.75, 3.05) is 26.3 Å². The van der Waals surface area contributed by atoms with E-state index in [0.29, 0.717) is 17.4 Å². The number of hydrogen-bond acceptors (Lipinski definition) is 4. The van der Waals surface area contributed by atoms with E-state index in [9.17, 15) is 9.59 Å². The van der Waals surface area contributed by atoms with E-state index in [1.807, 2.05) is 12.1 Å². The maximum Gasteiger partial charge on any atom is 0.274 e. The van der Waals surface area contributed by atoms with Gasteiger partial charge in [-0.2, -0.15) is 0 Å². The van der Waals surface area contributed by atoms with Crippen LogP contribution < -0.4 is 5.48 Å². The van der Waals surface area contributed by atoms with E-state index in [2.05, 4.69) is 4.90 Å². The molecule has 2 saturated heterocycles. The number of piperidine rings is 1. The Kier molecular flexibility index (Phi) is 4.25. The Labute approximate surface area is 147 Å². The first-order valence-electron chi connectivity index (χ1n) is 9.05. The summed E-state index contributed by atoms with van der Waals surface area (Å²) in [4.78, 5) is 26.8. The van der Waals surface area contributed by atoms with Crippen LogP contribution in [-0.2, 0) is 22.4 Å². The Morgan fingerprint density at radius 1 is 1.32 bits per heavy atom. The zero-order valence-corrected chi connectivity index (χ0v) is 14.3. The number of fused-ring (bicyclic) bond motifs is 1. The van der Waals surface area contributed by atoms with Gasteiger partial charge in [0.1, 0.15) is 0 Å². The maximum absolute atomic E-state index is 13.2. The van der Waals surface area contributed by atoms with Crippen LogP contribution in [0.1, 0.15) is 40.7 Å². The number of ether oxygens (including phenoxy) is 1. The van der Waals surface area contributed by atoms with Gasteiger partial charge in [-0.3, -0.25) is 14.8 Å². The van der Waals surface area contributed by atoms with Gasteiger partial charge >= 0.3 is 0 Å². The van der Waals surface area contributed by atoms with Gasteiger partial charge in [-0.1, -0.05) is 6.07 Å². The fraction of sp³-hybridized carbons (Fsp3) is 0.579. The molecular formula is C19H24N2O4. The summed E-state index contributed by atoms with van der Waals surface area (Å²) in [5.41, 5.74) is 4.12. The third kappa shape index (κ3) is 2.93. The van der Waals surface area contributed by atoms with Crippen molar-refractivity contribution in [1.82, 2.24) is 10.4 Å². The summed E-state index contributed by atoms with van der Waals surface area (Å²) in [6.45, 7) is 3.23. The lowest BCUT2D eigenvalue weighted by Crippen LogP contribution is -2.54. The zero-order valence-electron chi connectivity index (χ0n) is 14.3. The van der Waals surface area contributed by atoms with Crippen LogP contribution in [0.3, 0.4) is 0 Å². The normalized spacial score (nSPS) is 26.3. The van der Waals surface area contributed by atoms with Gasteiger partial charge in [-0.25, -0.2) is 5.48 Å². The SMILES string of the molecule is O=C(NO)c1ccc2c(c1)CCC1(CCCN(CC3COC3)C1=O)C2. The number of aryl methyl sites for hydroxylation is 1. The number of carbonyl (C=O) groups excluding carboxylic acids is 2. The van der Waals surface area contributed by atoms with Crippen molar-refractivity contribution in [3.63, 3.8) is 0 Å². The highest BCUT2D eigenvalue weighted by Gasteiger charge is 2.46. The average Bonchev–Trinajstić information content (AvgIpc) is 2.60. The lowest BCUT2D eigenvalue weighted by atomic mass is 9.66. The Morgan fingerprint density at radius 2 is 2.16 bits per heavy atom. The summed E-state index contributed by atoms with van der Waals surface area (Å²) < 4.78 is 5.25. The largest absolute Gasteiger partial charge is 0.381 e. The van der Waals surface area contributed by atoms with Crippen LogP contribution in [0.15, 0.2) is 18.2 Å². The van der Waals surface area contributed by atoms with E-state index in [-0.39, 0.29) is 5.41 Å². The van der Waals surface area contributed by atoms with Crippen LogP contribution in [0.5, 0.6) is 0 Å². The lowest BCUT2D eigenvalue weighted by Gasteiger charge is -2.46.